The maximum Gasteiger partial charge on any atom is 0.0587 e. The first kappa shape index (κ1) is 14.0. The van der Waals surface area contributed by atoms with Crippen molar-refractivity contribution in [2.45, 2.75) is 45.3 Å². The topological polar surface area (TPSA) is 21.3 Å². The zero-order valence-electron chi connectivity index (χ0n) is 11.0. The van der Waals surface area contributed by atoms with Crippen molar-refractivity contribution >= 4 is 15.9 Å². The molecule has 0 amide bonds. The lowest BCUT2D eigenvalue weighted by Crippen LogP contribution is -2.25. The number of rotatable bonds is 5. The Balaban J connectivity index is 1.66. The first-order valence-electron chi connectivity index (χ1n) is 6.83. The monoisotopic (exact) mass is 311 g/mol. The maximum atomic E-state index is 5.72. The smallest absolute Gasteiger partial charge is 0.0587 e. The van der Waals surface area contributed by atoms with Crippen molar-refractivity contribution in [1.82, 2.24) is 5.32 Å². The van der Waals surface area contributed by atoms with Gasteiger partial charge in [-0.1, -0.05) is 28.1 Å². The van der Waals surface area contributed by atoms with Crippen LogP contribution in [-0.4, -0.2) is 19.3 Å². The van der Waals surface area contributed by atoms with Gasteiger partial charge in [-0.15, -0.1) is 0 Å². The van der Waals surface area contributed by atoms with Crippen LogP contribution in [-0.2, 0) is 11.3 Å². The standard InChI is InChI=1S/C15H22BrNO/c1-12-10-13(5-6-15(12)16)11-17-8-7-14-4-2-3-9-18-14/h5-6,10,14,17H,2-4,7-9,11H2,1H3. The lowest BCUT2D eigenvalue weighted by atomic mass is 10.1. The molecule has 1 unspecified atom stereocenters. The van der Waals surface area contributed by atoms with Gasteiger partial charge < -0.3 is 10.1 Å². The van der Waals surface area contributed by atoms with Crippen LogP contribution in [0.5, 0.6) is 0 Å². The Bertz CT molecular complexity index is 375. The summed E-state index contributed by atoms with van der Waals surface area (Å²) in [5.41, 5.74) is 2.64. The van der Waals surface area contributed by atoms with Gasteiger partial charge in [0.05, 0.1) is 6.10 Å². The van der Waals surface area contributed by atoms with Crippen molar-refractivity contribution in [1.29, 1.82) is 0 Å². The predicted molar refractivity (Wildman–Crippen MR) is 78.8 cm³/mol. The van der Waals surface area contributed by atoms with Gasteiger partial charge in [-0.3, -0.25) is 0 Å². The second-order valence-corrected chi connectivity index (χ2v) is 5.89. The summed E-state index contributed by atoms with van der Waals surface area (Å²) in [5, 5.41) is 3.50. The quantitative estimate of drug-likeness (QED) is 0.835. The number of aryl methyl sites for hydroxylation is 1. The molecule has 1 aromatic rings. The van der Waals surface area contributed by atoms with Crippen molar-refractivity contribution in [3.05, 3.63) is 33.8 Å². The molecule has 0 bridgehead atoms. The van der Waals surface area contributed by atoms with Crippen LogP contribution < -0.4 is 5.32 Å². The van der Waals surface area contributed by atoms with Crippen LogP contribution in [0.15, 0.2) is 22.7 Å². The average Bonchev–Trinajstić information content (AvgIpc) is 2.40. The third-order valence-electron chi connectivity index (χ3n) is 3.47. The van der Waals surface area contributed by atoms with Crippen molar-refractivity contribution in [2.75, 3.05) is 13.2 Å². The molecule has 1 fully saturated rings. The fourth-order valence-electron chi connectivity index (χ4n) is 2.35. The Morgan fingerprint density at radius 3 is 3.00 bits per heavy atom. The fraction of sp³-hybridized carbons (Fsp3) is 0.600. The summed E-state index contributed by atoms with van der Waals surface area (Å²) in [6, 6.07) is 6.52. The van der Waals surface area contributed by atoms with Crippen LogP contribution in [0.25, 0.3) is 0 Å². The van der Waals surface area contributed by atoms with E-state index in [9.17, 15) is 0 Å². The third kappa shape index (κ3) is 4.38. The van der Waals surface area contributed by atoms with E-state index in [1.165, 1.54) is 34.9 Å². The molecule has 0 aliphatic carbocycles. The van der Waals surface area contributed by atoms with Gasteiger partial charge in [0.15, 0.2) is 0 Å². The molecule has 0 saturated carbocycles. The molecule has 1 N–H and O–H groups in total. The second kappa shape index (κ2) is 7.27. The van der Waals surface area contributed by atoms with E-state index in [0.29, 0.717) is 6.10 Å². The Hall–Kier alpha value is -0.380. The first-order valence-corrected chi connectivity index (χ1v) is 7.62. The lowest BCUT2D eigenvalue weighted by Gasteiger charge is -2.22. The zero-order valence-corrected chi connectivity index (χ0v) is 12.6. The molecule has 2 nitrogen and oxygen atoms in total. The molecule has 1 aliphatic rings. The average molecular weight is 312 g/mol. The normalized spacial score (nSPS) is 20.0. The van der Waals surface area contributed by atoms with Gasteiger partial charge in [0.2, 0.25) is 0 Å². The predicted octanol–water partition coefficient (Wildman–Crippen LogP) is 3.81. The molecule has 18 heavy (non-hydrogen) atoms. The van der Waals surface area contributed by atoms with E-state index in [1.54, 1.807) is 0 Å². The zero-order chi connectivity index (χ0) is 12.8. The van der Waals surface area contributed by atoms with Crippen LogP contribution in [0.1, 0.15) is 36.8 Å². The van der Waals surface area contributed by atoms with Gasteiger partial charge in [0, 0.05) is 17.6 Å². The molecule has 1 atom stereocenters. The van der Waals surface area contributed by atoms with Crippen LogP contribution in [0, 0.1) is 6.92 Å². The lowest BCUT2D eigenvalue weighted by molar-refractivity contribution is 0.0115. The Morgan fingerprint density at radius 1 is 1.39 bits per heavy atom. The van der Waals surface area contributed by atoms with Crippen LogP contribution >= 0.6 is 15.9 Å². The van der Waals surface area contributed by atoms with Crippen molar-refractivity contribution in [3.63, 3.8) is 0 Å². The number of halogens is 1. The highest BCUT2D eigenvalue weighted by molar-refractivity contribution is 9.10. The van der Waals surface area contributed by atoms with Crippen LogP contribution in [0.4, 0.5) is 0 Å². The van der Waals surface area contributed by atoms with Gasteiger partial charge in [-0.2, -0.15) is 0 Å². The molecule has 2 rings (SSSR count). The Kier molecular flexibility index (Phi) is 5.67. The largest absolute Gasteiger partial charge is 0.378 e. The molecule has 0 radical (unpaired) electrons. The minimum atomic E-state index is 0.484. The summed E-state index contributed by atoms with van der Waals surface area (Å²) in [6.45, 7) is 5.07. The van der Waals surface area contributed by atoms with Gasteiger partial charge >= 0.3 is 0 Å². The number of hydrogen-bond acceptors (Lipinski definition) is 2. The minimum Gasteiger partial charge on any atom is -0.378 e. The number of benzene rings is 1. The molecular formula is C15H22BrNO. The van der Waals surface area contributed by atoms with E-state index in [2.05, 4.69) is 46.4 Å². The molecular weight excluding hydrogens is 290 g/mol. The number of nitrogens with one attached hydrogen (secondary N) is 1. The van der Waals surface area contributed by atoms with Gasteiger partial charge in [-0.05, 0) is 56.3 Å². The fourth-order valence-corrected chi connectivity index (χ4v) is 2.59. The van der Waals surface area contributed by atoms with E-state index in [0.717, 1.165) is 26.1 Å². The van der Waals surface area contributed by atoms with Crippen LogP contribution in [0.2, 0.25) is 0 Å². The van der Waals surface area contributed by atoms with Gasteiger partial charge in [-0.25, -0.2) is 0 Å². The molecule has 0 spiro atoms. The third-order valence-corrected chi connectivity index (χ3v) is 4.36. The molecule has 0 aromatic heterocycles. The van der Waals surface area contributed by atoms with Crippen molar-refractivity contribution in [2.24, 2.45) is 0 Å². The molecule has 1 saturated heterocycles. The molecule has 3 heteroatoms. The highest BCUT2D eigenvalue weighted by Crippen LogP contribution is 2.17. The van der Waals surface area contributed by atoms with Gasteiger partial charge in [0.1, 0.15) is 0 Å². The summed E-state index contributed by atoms with van der Waals surface area (Å²) in [6.07, 6.45) is 5.42. The SMILES string of the molecule is Cc1cc(CNCCC2CCCCO2)ccc1Br. The molecule has 100 valence electrons. The van der Waals surface area contributed by atoms with Crippen molar-refractivity contribution in [3.8, 4) is 0 Å². The van der Waals surface area contributed by atoms with E-state index >= 15 is 0 Å². The van der Waals surface area contributed by atoms with E-state index in [4.69, 9.17) is 4.74 Å². The summed E-state index contributed by atoms with van der Waals surface area (Å²) in [5.74, 6) is 0. The Morgan fingerprint density at radius 2 is 2.28 bits per heavy atom. The number of ether oxygens (including phenoxy) is 1. The Labute approximate surface area is 118 Å². The maximum absolute atomic E-state index is 5.72. The number of hydrogen-bond donors (Lipinski definition) is 1. The first-order chi connectivity index (χ1) is 8.75. The highest BCUT2D eigenvalue weighted by atomic mass is 79.9. The summed E-state index contributed by atoms with van der Waals surface area (Å²) in [7, 11) is 0. The van der Waals surface area contributed by atoms with Crippen molar-refractivity contribution < 1.29 is 4.74 Å². The minimum absolute atomic E-state index is 0.484. The molecule has 1 heterocycles. The second-order valence-electron chi connectivity index (χ2n) is 5.04. The summed E-state index contributed by atoms with van der Waals surface area (Å²) >= 11 is 3.53. The summed E-state index contributed by atoms with van der Waals surface area (Å²) < 4.78 is 6.90. The van der Waals surface area contributed by atoms with E-state index in [-0.39, 0.29) is 0 Å². The highest BCUT2D eigenvalue weighted by Gasteiger charge is 2.12. The van der Waals surface area contributed by atoms with Crippen LogP contribution in [0.3, 0.4) is 0 Å². The van der Waals surface area contributed by atoms with E-state index in [1.807, 2.05) is 0 Å². The van der Waals surface area contributed by atoms with Gasteiger partial charge in [0.25, 0.3) is 0 Å². The molecule has 1 aliphatic heterocycles. The summed E-state index contributed by atoms with van der Waals surface area (Å²) in [4.78, 5) is 0. The molecule has 1 aromatic carbocycles. The van der Waals surface area contributed by atoms with E-state index < -0.39 is 0 Å².